The number of rotatable bonds is 10. The van der Waals surface area contributed by atoms with Crippen LogP contribution >= 0.6 is 35.0 Å². The summed E-state index contributed by atoms with van der Waals surface area (Å²) in [4.78, 5) is 18.7. The first-order chi connectivity index (χ1) is 20.2. The third kappa shape index (κ3) is 6.61. The number of thioether (sulfide) groups is 1. The number of hydrogen-bond donors (Lipinski definition) is 2. The summed E-state index contributed by atoms with van der Waals surface area (Å²) >= 11 is 14.0. The number of nitrogens with zero attached hydrogens (tertiary/aromatic N) is 3. The van der Waals surface area contributed by atoms with E-state index in [1.807, 2.05) is 69.3 Å². The highest BCUT2D eigenvalue weighted by atomic mass is 35.5. The minimum absolute atomic E-state index is 0.209. The number of nitrogens with one attached hydrogen (secondary N) is 2. The molecule has 3 aromatic carbocycles. The maximum atomic E-state index is 14.0. The van der Waals surface area contributed by atoms with Gasteiger partial charge < -0.3 is 15.4 Å². The quantitative estimate of drug-likeness (QED) is 0.136. The van der Waals surface area contributed by atoms with E-state index in [9.17, 15) is 4.79 Å². The van der Waals surface area contributed by atoms with E-state index in [0.29, 0.717) is 38.2 Å². The molecular formula is C32H33Cl2N5O2S. The van der Waals surface area contributed by atoms with Gasteiger partial charge in [0.05, 0.1) is 5.57 Å². The van der Waals surface area contributed by atoms with Gasteiger partial charge in [-0.3, -0.25) is 4.79 Å². The molecule has 218 valence electrons. The lowest BCUT2D eigenvalue weighted by Crippen LogP contribution is -2.31. The van der Waals surface area contributed by atoms with E-state index >= 15 is 0 Å². The van der Waals surface area contributed by atoms with Crippen molar-refractivity contribution >= 4 is 52.5 Å². The van der Waals surface area contributed by atoms with Gasteiger partial charge >= 0.3 is 0 Å². The molecule has 0 fully saturated rings. The summed E-state index contributed by atoms with van der Waals surface area (Å²) in [7, 11) is 0. The molecule has 1 aromatic heterocycles. The molecule has 0 saturated carbocycles. The molecule has 0 radical (unpaired) electrons. The maximum absolute atomic E-state index is 14.0. The molecule has 1 amide bonds. The van der Waals surface area contributed by atoms with Crippen molar-refractivity contribution in [2.45, 2.75) is 58.3 Å². The van der Waals surface area contributed by atoms with Crippen molar-refractivity contribution in [2.24, 2.45) is 0 Å². The summed E-state index contributed by atoms with van der Waals surface area (Å²) in [6.07, 6.45) is 2.17. The van der Waals surface area contributed by atoms with Gasteiger partial charge in [-0.25, -0.2) is 4.68 Å². The van der Waals surface area contributed by atoms with Gasteiger partial charge in [-0.15, -0.1) is 5.10 Å². The molecule has 10 heteroatoms. The van der Waals surface area contributed by atoms with Crippen LogP contribution in [0.25, 0.3) is 0 Å². The van der Waals surface area contributed by atoms with Crippen LogP contribution < -0.4 is 15.4 Å². The highest BCUT2D eigenvalue weighted by Gasteiger charge is 2.35. The van der Waals surface area contributed by atoms with Crippen molar-refractivity contribution in [3.05, 3.63) is 104 Å². The van der Waals surface area contributed by atoms with E-state index in [2.05, 4.69) is 17.6 Å². The minimum atomic E-state index is -0.526. The van der Waals surface area contributed by atoms with E-state index in [4.69, 9.17) is 38.0 Å². The lowest BCUT2D eigenvalue weighted by atomic mass is 9.94. The Labute approximate surface area is 260 Å². The number of ether oxygens (including phenoxy) is 1. The van der Waals surface area contributed by atoms with Crippen LogP contribution in [0.15, 0.2) is 77.1 Å². The number of fused-ring (bicyclic) bond motifs is 1. The van der Waals surface area contributed by atoms with Gasteiger partial charge in [0, 0.05) is 32.7 Å². The normalized spacial score (nSPS) is 14.4. The fraction of sp³-hybridized carbons (Fsp3) is 0.281. The third-order valence-corrected chi connectivity index (χ3v) is 8.75. The van der Waals surface area contributed by atoms with Gasteiger partial charge in [-0.1, -0.05) is 78.6 Å². The number of carbonyl (C=O) groups excluding carboxylic acids is 1. The standard InChI is InChI=1S/C32H33Cl2N5O2S/c1-5-6-15-42-32-37-31-35-21(4)28(30(40)36-27-12-7-9-19(2)20(27)3)29(39(31)38-32)22-10-8-11-25(16-22)41-18-23-13-14-24(33)17-26(23)34/h7-14,16-17,29H,5-6,15,18H2,1-4H3,(H,36,40)(H,35,37,38). The predicted molar refractivity (Wildman–Crippen MR) is 172 cm³/mol. The lowest BCUT2D eigenvalue weighted by Gasteiger charge is -2.29. The largest absolute Gasteiger partial charge is 0.489 e. The first-order valence-corrected chi connectivity index (χ1v) is 15.6. The van der Waals surface area contributed by atoms with Gasteiger partial charge in [0.15, 0.2) is 0 Å². The van der Waals surface area contributed by atoms with Crippen LogP contribution in [0.5, 0.6) is 5.75 Å². The van der Waals surface area contributed by atoms with E-state index in [0.717, 1.165) is 46.5 Å². The molecule has 0 saturated heterocycles. The Balaban J connectivity index is 1.50. The van der Waals surface area contributed by atoms with E-state index < -0.39 is 6.04 Å². The van der Waals surface area contributed by atoms with Crippen LogP contribution in [0.4, 0.5) is 11.6 Å². The number of allylic oxidation sites excluding steroid dienone is 1. The average Bonchev–Trinajstić information content (AvgIpc) is 3.36. The van der Waals surface area contributed by atoms with Gasteiger partial charge in [0.1, 0.15) is 18.4 Å². The number of benzene rings is 3. The average molecular weight is 623 g/mol. The van der Waals surface area contributed by atoms with Gasteiger partial charge in [-0.05, 0) is 74.2 Å². The van der Waals surface area contributed by atoms with Crippen molar-refractivity contribution in [1.29, 1.82) is 0 Å². The Morgan fingerprint density at radius 2 is 1.90 bits per heavy atom. The molecule has 1 unspecified atom stereocenters. The zero-order chi connectivity index (χ0) is 29.8. The Kier molecular flexibility index (Phi) is 9.46. The van der Waals surface area contributed by atoms with E-state index in [-0.39, 0.29) is 12.5 Å². The summed E-state index contributed by atoms with van der Waals surface area (Å²) in [5.74, 6) is 1.95. The SMILES string of the molecule is CCCCSc1nc2n(n1)C(c1cccc(OCc3ccc(Cl)cc3Cl)c1)C(C(=O)Nc1cccc(C)c1C)=C(C)N2. The lowest BCUT2D eigenvalue weighted by molar-refractivity contribution is -0.113. The third-order valence-electron chi connectivity index (χ3n) is 7.24. The number of carbonyl (C=O) groups is 1. The van der Waals surface area contributed by atoms with Gasteiger partial charge in [0.25, 0.3) is 5.91 Å². The summed E-state index contributed by atoms with van der Waals surface area (Å²) in [5, 5.41) is 13.1. The van der Waals surface area contributed by atoms with Crippen LogP contribution in [0.1, 0.15) is 55.0 Å². The number of amides is 1. The fourth-order valence-corrected chi connectivity index (χ4v) is 6.13. The van der Waals surface area contributed by atoms with Crippen LogP contribution in [0.2, 0.25) is 10.0 Å². The summed E-state index contributed by atoms with van der Waals surface area (Å²) in [6.45, 7) is 8.37. The molecule has 4 aromatic rings. The summed E-state index contributed by atoms with van der Waals surface area (Å²) in [5.41, 5.74) is 5.84. The maximum Gasteiger partial charge on any atom is 0.255 e. The second kappa shape index (κ2) is 13.2. The number of aromatic nitrogens is 3. The molecular weight excluding hydrogens is 589 g/mol. The van der Waals surface area contributed by atoms with E-state index in [1.165, 1.54) is 0 Å². The smallest absolute Gasteiger partial charge is 0.255 e. The van der Waals surface area contributed by atoms with Crippen LogP contribution in [0.3, 0.4) is 0 Å². The highest BCUT2D eigenvalue weighted by molar-refractivity contribution is 7.99. The van der Waals surface area contributed by atoms with Gasteiger partial charge in [0.2, 0.25) is 11.1 Å². The Bertz CT molecular complexity index is 1650. The topological polar surface area (TPSA) is 81.1 Å². The van der Waals surface area contributed by atoms with Crippen molar-refractivity contribution in [1.82, 2.24) is 14.8 Å². The van der Waals surface area contributed by atoms with Crippen molar-refractivity contribution in [3.8, 4) is 5.75 Å². The molecule has 5 rings (SSSR count). The fourth-order valence-electron chi connectivity index (χ4n) is 4.75. The molecule has 0 bridgehead atoms. The van der Waals surface area contributed by atoms with Crippen LogP contribution in [-0.2, 0) is 11.4 Å². The number of anilines is 2. The van der Waals surface area contributed by atoms with Crippen LogP contribution in [-0.4, -0.2) is 26.4 Å². The molecule has 2 heterocycles. The minimum Gasteiger partial charge on any atom is -0.489 e. The number of hydrogen-bond acceptors (Lipinski definition) is 6. The van der Waals surface area contributed by atoms with Crippen molar-refractivity contribution in [3.63, 3.8) is 0 Å². The number of unbranched alkanes of at least 4 members (excludes halogenated alkanes) is 1. The Morgan fingerprint density at radius 1 is 1.10 bits per heavy atom. The molecule has 0 aliphatic carbocycles. The second-order valence-corrected chi connectivity index (χ2v) is 12.1. The molecule has 2 N–H and O–H groups in total. The second-order valence-electron chi connectivity index (χ2n) is 10.2. The number of halogens is 2. The zero-order valence-corrected chi connectivity index (χ0v) is 26.3. The Hall–Kier alpha value is -3.46. The monoisotopic (exact) mass is 621 g/mol. The molecule has 1 atom stereocenters. The first kappa shape index (κ1) is 30.0. The number of aryl methyl sites for hydroxylation is 1. The highest BCUT2D eigenvalue weighted by Crippen LogP contribution is 2.38. The van der Waals surface area contributed by atoms with Gasteiger partial charge in [-0.2, -0.15) is 4.98 Å². The Morgan fingerprint density at radius 3 is 2.69 bits per heavy atom. The molecule has 42 heavy (non-hydrogen) atoms. The van der Waals surface area contributed by atoms with E-state index in [1.54, 1.807) is 28.6 Å². The predicted octanol–water partition coefficient (Wildman–Crippen LogP) is 8.60. The zero-order valence-electron chi connectivity index (χ0n) is 24.0. The molecule has 1 aliphatic heterocycles. The van der Waals surface area contributed by atoms with Crippen LogP contribution in [0, 0.1) is 13.8 Å². The first-order valence-electron chi connectivity index (χ1n) is 13.9. The molecule has 0 spiro atoms. The summed E-state index contributed by atoms with van der Waals surface area (Å²) < 4.78 is 7.94. The molecule has 7 nitrogen and oxygen atoms in total. The molecule has 1 aliphatic rings. The van der Waals surface area contributed by atoms with Crippen molar-refractivity contribution in [2.75, 3.05) is 16.4 Å². The van der Waals surface area contributed by atoms with Crippen molar-refractivity contribution < 1.29 is 9.53 Å². The summed E-state index contributed by atoms with van der Waals surface area (Å²) in [6, 6.07) is 18.4.